The molecule has 0 atom stereocenters. The Morgan fingerprint density at radius 1 is 1.14 bits per heavy atom. The number of amides is 1. The third-order valence-corrected chi connectivity index (χ3v) is 4.33. The lowest BCUT2D eigenvalue weighted by Crippen LogP contribution is -2.40. The number of carbonyl (C=O) groups excluding carboxylic acids is 1. The quantitative estimate of drug-likeness (QED) is 0.525. The molecule has 28 heavy (non-hydrogen) atoms. The number of hydrogen-bond donors (Lipinski definition) is 3. The van der Waals surface area contributed by atoms with E-state index in [4.69, 9.17) is 0 Å². The Hall–Kier alpha value is -3.82. The maximum Gasteiger partial charge on any atom is 0.332 e. The number of aryl methyl sites for hydroxylation is 1. The zero-order valence-electron chi connectivity index (χ0n) is 15.6. The first-order valence-corrected chi connectivity index (χ1v) is 8.45. The van der Waals surface area contributed by atoms with Gasteiger partial charge in [0, 0.05) is 14.1 Å². The first kappa shape index (κ1) is 19.0. The number of phenolic OH excluding ortho intramolecular Hbond substituents is 1. The summed E-state index contributed by atoms with van der Waals surface area (Å²) in [6.07, 6.45) is 3.12. The first-order valence-electron chi connectivity index (χ1n) is 8.45. The number of nitrogens with zero attached hydrogens (tertiary/aromatic N) is 4. The van der Waals surface area contributed by atoms with Crippen molar-refractivity contribution in [1.82, 2.24) is 29.5 Å². The minimum atomic E-state index is -0.519. The van der Waals surface area contributed by atoms with Gasteiger partial charge in [-0.05, 0) is 36.8 Å². The van der Waals surface area contributed by atoms with Crippen LogP contribution in [0.4, 0.5) is 0 Å². The summed E-state index contributed by atoms with van der Waals surface area (Å²) < 4.78 is 3.62. The van der Waals surface area contributed by atoms with Crippen molar-refractivity contribution in [3.05, 3.63) is 63.1 Å². The third-order valence-electron chi connectivity index (χ3n) is 4.33. The van der Waals surface area contributed by atoms with E-state index < -0.39 is 17.2 Å². The van der Waals surface area contributed by atoms with Crippen LogP contribution >= 0.6 is 0 Å². The first-order chi connectivity index (χ1) is 13.3. The number of hydrogen-bond acceptors (Lipinski definition) is 6. The highest BCUT2D eigenvalue weighted by atomic mass is 16.3. The minimum Gasteiger partial charge on any atom is -0.508 e. The summed E-state index contributed by atoms with van der Waals surface area (Å²) >= 11 is 0. The Bertz CT molecular complexity index is 1180. The van der Waals surface area contributed by atoms with Crippen molar-refractivity contribution in [2.24, 2.45) is 14.1 Å². The molecule has 0 radical (unpaired) electrons. The van der Waals surface area contributed by atoms with Crippen LogP contribution in [0.1, 0.15) is 12.5 Å². The Morgan fingerprint density at radius 2 is 1.82 bits per heavy atom. The van der Waals surface area contributed by atoms with Gasteiger partial charge in [-0.1, -0.05) is 6.08 Å². The van der Waals surface area contributed by atoms with E-state index in [2.05, 4.69) is 15.8 Å². The molecule has 0 saturated heterocycles. The Balaban J connectivity index is 1.78. The average Bonchev–Trinajstić information content (AvgIpc) is 3.10. The predicted molar refractivity (Wildman–Crippen MR) is 103 cm³/mol. The van der Waals surface area contributed by atoms with Crippen molar-refractivity contribution in [3.63, 3.8) is 0 Å². The third kappa shape index (κ3) is 3.39. The van der Waals surface area contributed by atoms with Crippen LogP contribution < -0.4 is 22.1 Å². The van der Waals surface area contributed by atoms with E-state index in [0.717, 1.165) is 10.1 Å². The molecule has 0 aliphatic carbocycles. The average molecular weight is 384 g/mol. The fraction of sp³-hybridized carbons (Fsp3) is 0.222. The number of aromatic hydroxyl groups is 1. The highest BCUT2D eigenvalue weighted by molar-refractivity contribution is 5.79. The molecule has 3 rings (SSSR count). The summed E-state index contributed by atoms with van der Waals surface area (Å²) in [5.74, 6) is -0.264. The van der Waals surface area contributed by atoms with Gasteiger partial charge in [-0.15, -0.1) is 0 Å². The summed E-state index contributed by atoms with van der Waals surface area (Å²) in [7, 11) is 2.89. The van der Waals surface area contributed by atoms with Crippen molar-refractivity contribution >= 4 is 22.8 Å². The number of phenols is 1. The molecule has 1 amide bonds. The van der Waals surface area contributed by atoms with Crippen LogP contribution in [0.5, 0.6) is 5.75 Å². The molecule has 0 unspecified atom stereocenters. The summed E-state index contributed by atoms with van der Waals surface area (Å²) in [5.41, 5.74) is 6.18. The van der Waals surface area contributed by atoms with Crippen molar-refractivity contribution in [2.75, 3.05) is 0 Å². The zero-order valence-corrected chi connectivity index (χ0v) is 15.6. The molecule has 0 saturated carbocycles. The van der Waals surface area contributed by atoms with E-state index >= 15 is 0 Å². The number of fused-ring (bicyclic) bond motifs is 1. The molecule has 3 aromatic rings. The molecule has 0 spiro atoms. The zero-order chi connectivity index (χ0) is 20.4. The van der Waals surface area contributed by atoms with E-state index in [0.29, 0.717) is 5.70 Å². The summed E-state index contributed by atoms with van der Waals surface area (Å²) in [6.45, 7) is 1.64. The Kier molecular flexibility index (Phi) is 5.03. The number of rotatable bonds is 5. The smallest absolute Gasteiger partial charge is 0.332 e. The molecule has 0 aliphatic rings. The van der Waals surface area contributed by atoms with Gasteiger partial charge >= 0.3 is 5.69 Å². The molecule has 3 N–H and O–H groups in total. The van der Waals surface area contributed by atoms with Gasteiger partial charge in [0.25, 0.3) is 11.5 Å². The standard InChI is InChI=1S/C18H20N6O4/c1-4-13(11-5-7-12(25)8-6-11)20-21-14(26)9-24-10-19-16-15(24)17(27)23(3)18(28)22(16)2/h4-8,10,20,25H,9H2,1-3H3,(H,21,26)/b13-4-. The number of imidazole rings is 1. The van der Waals surface area contributed by atoms with Gasteiger partial charge in [-0.25, -0.2) is 9.78 Å². The van der Waals surface area contributed by atoms with Gasteiger partial charge in [0.1, 0.15) is 12.3 Å². The molecular weight excluding hydrogens is 364 g/mol. The summed E-state index contributed by atoms with van der Waals surface area (Å²) in [6, 6.07) is 6.49. The van der Waals surface area contributed by atoms with Crippen LogP contribution in [0.15, 0.2) is 46.3 Å². The maximum absolute atomic E-state index is 12.4. The molecule has 0 bridgehead atoms. The fourth-order valence-corrected chi connectivity index (χ4v) is 2.80. The predicted octanol–water partition coefficient (Wildman–Crippen LogP) is -0.179. The maximum atomic E-state index is 12.4. The van der Waals surface area contributed by atoms with Gasteiger partial charge in [0.15, 0.2) is 11.2 Å². The highest BCUT2D eigenvalue weighted by Crippen LogP contribution is 2.15. The second-order valence-corrected chi connectivity index (χ2v) is 6.17. The summed E-state index contributed by atoms with van der Waals surface area (Å²) in [5, 5.41) is 9.37. The molecule has 1 aromatic carbocycles. The SMILES string of the molecule is C/C=C(\NNC(=O)Cn1cnc2c1c(=O)n(C)c(=O)n2C)c1ccc(O)cc1. The number of hydrazine groups is 1. The van der Waals surface area contributed by atoms with E-state index in [1.54, 1.807) is 37.3 Å². The molecule has 0 fully saturated rings. The van der Waals surface area contributed by atoms with Gasteiger partial charge in [-0.2, -0.15) is 0 Å². The summed E-state index contributed by atoms with van der Waals surface area (Å²) in [4.78, 5) is 40.8. The molecule has 2 aromatic heterocycles. The molecule has 10 nitrogen and oxygen atoms in total. The van der Waals surface area contributed by atoms with Crippen LogP contribution in [-0.4, -0.2) is 29.7 Å². The molecule has 2 heterocycles. The van der Waals surface area contributed by atoms with Crippen molar-refractivity contribution in [3.8, 4) is 5.75 Å². The molecule has 0 aliphatic heterocycles. The highest BCUT2D eigenvalue weighted by Gasteiger charge is 2.16. The molecular formula is C18H20N6O4. The van der Waals surface area contributed by atoms with Crippen LogP contribution in [0.25, 0.3) is 16.9 Å². The van der Waals surface area contributed by atoms with E-state index in [1.807, 2.05) is 0 Å². The normalized spacial score (nSPS) is 11.6. The fourth-order valence-electron chi connectivity index (χ4n) is 2.80. The Morgan fingerprint density at radius 3 is 2.46 bits per heavy atom. The van der Waals surface area contributed by atoms with Crippen LogP contribution in [-0.2, 0) is 25.4 Å². The van der Waals surface area contributed by atoms with Gasteiger partial charge in [0.2, 0.25) is 0 Å². The molecule has 146 valence electrons. The second kappa shape index (κ2) is 7.43. The lowest BCUT2D eigenvalue weighted by atomic mass is 10.1. The molecule has 10 heteroatoms. The van der Waals surface area contributed by atoms with E-state index in [1.165, 1.54) is 29.6 Å². The monoisotopic (exact) mass is 384 g/mol. The minimum absolute atomic E-state index is 0.145. The van der Waals surface area contributed by atoms with Crippen molar-refractivity contribution < 1.29 is 9.90 Å². The number of aromatic nitrogens is 4. The number of benzene rings is 1. The van der Waals surface area contributed by atoms with Gasteiger partial charge < -0.3 is 9.67 Å². The topological polar surface area (TPSA) is 123 Å². The van der Waals surface area contributed by atoms with Crippen LogP contribution in [0.2, 0.25) is 0 Å². The number of allylic oxidation sites excluding steroid dienone is 1. The lowest BCUT2D eigenvalue weighted by molar-refractivity contribution is -0.122. The largest absolute Gasteiger partial charge is 0.508 e. The van der Waals surface area contributed by atoms with E-state index in [-0.39, 0.29) is 23.5 Å². The number of nitrogens with one attached hydrogen (secondary N) is 2. The van der Waals surface area contributed by atoms with Crippen molar-refractivity contribution in [2.45, 2.75) is 13.5 Å². The van der Waals surface area contributed by atoms with Crippen LogP contribution in [0.3, 0.4) is 0 Å². The van der Waals surface area contributed by atoms with Crippen LogP contribution in [0, 0.1) is 0 Å². The van der Waals surface area contributed by atoms with Gasteiger partial charge in [-0.3, -0.25) is 29.6 Å². The Labute approximate surface area is 159 Å². The van der Waals surface area contributed by atoms with Gasteiger partial charge in [0.05, 0.1) is 12.0 Å². The second-order valence-electron chi connectivity index (χ2n) is 6.17. The van der Waals surface area contributed by atoms with Crippen molar-refractivity contribution in [1.29, 1.82) is 0 Å². The lowest BCUT2D eigenvalue weighted by Gasteiger charge is -2.13. The number of carbonyl (C=O) groups is 1. The van der Waals surface area contributed by atoms with E-state index in [9.17, 15) is 19.5 Å².